The van der Waals surface area contributed by atoms with Crippen molar-refractivity contribution in [2.75, 3.05) is 6.54 Å². The quantitative estimate of drug-likeness (QED) is 0.327. The predicted molar refractivity (Wildman–Crippen MR) is 138 cm³/mol. The van der Waals surface area contributed by atoms with E-state index in [0.29, 0.717) is 30.4 Å². The third-order valence-electron chi connectivity index (χ3n) is 5.98. The van der Waals surface area contributed by atoms with Gasteiger partial charge in [-0.1, -0.05) is 24.3 Å². The Labute approximate surface area is 208 Å². The van der Waals surface area contributed by atoms with Crippen LogP contribution in [0.1, 0.15) is 25.0 Å². The Balaban J connectivity index is 1.50. The molecule has 8 heteroatoms. The van der Waals surface area contributed by atoms with Gasteiger partial charge < -0.3 is 19.4 Å². The number of aliphatic hydroxyl groups is 1. The van der Waals surface area contributed by atoms with Crippen molar-refractivity contribution in [2.45, 2.75) is 32.9 Å². The highest BCUT2D eigenvalue weighted by molar-refractivity contribution is 5.84. The van der Waals surface area contributed by atoms with Crippen molar-refractivity contribution >= 4 is 11.1 Å². The van der Waals surface area contributed by atoms with Crippen LogP contribution in [0.15, 0.2) is 65.3 Å². The van der Waals surface area contributed by atoms with Crippen LogP contribution >= 0.6 is 0 Å². The smallest absolute Gasteiger partial charge is 0.227 e. The molecule has 2 aromatic heterocycles. The lowest BCUT2D eigenvalue weighted by Crippen LogP contribution is -2.34. The number of nitrogens with zero attached hydrogens (tertiary/aromatic N) is 4. The van der Waals surface area contributed by atoms with Gasteiger partial charge in [0, 0.05) is 31.3 Å². The molecule has 0 unspecified atom stereocenters. The van der Waals surface area contributed by atoms with Gasteiger partial charge >= 0.3 is 0 Å². The Kier molecular flexibility index (Phi) is 6.15. The summed E-state index contributed by atoms with van der Waals surface area (Å²) in [5.41, 5.74) is 6.00. The standard InChI is InChI=1S/C28H28FN5O2/c1-17-10-18(14-30-15-28(2,3)35)11-24-25(17)36-27(32-24)20-7-5-6-19(12-20)22-9-8-21(29)13-23(22)26-33-31-16-34(26)4/h5-13,16,30,35H,14-15H2,1-4H3. The minimum Gasteiger partial charge on any atom is -0.436 e. The summed E-state index contributed by atoms with van der Waals surface area (Å²) in [5.74, 6) is 0.757. The minimum absolute atomic E-state index is 0.338. The normalized spacial score (nSPS) is 11.9. The molecule has 3 aromatic carbocycles. The fourth-order valence-electron chi connectivity index (χ4n) is 4.31. The molecule has 0 amide bonds. The van der Waals surface area contributed by atoms with Crippen LogP contribution in [0.4, 0.5) is 4.39 Å². The second-order valence-electron chi connectivity index (χ2n) is 9.73. The fourth-order valence-corrected chi connectivity index (χ4v) is 4.31. The molecule has 36 heavy (non-hydrogen) atoms. The largest absolute Gasteiger partial charge is 0.436 e. The maximum absolute atomic E-state index is 14.2. The number of rotatable bonds is 7. The van der Waals surface area contributed by atoms with Gasteiger partial charge in [-0.25, -0.2) is 9.37 Å². The molecule has 7 nitrogen and oxygen atoms in total. The van der Waals surface area contributed by atoms with E-state index in [0.717, 1.165) is 38.9 Å². The van der Waals surface area contributed by atoms with Gasteiger partial charge in [-0.05, 0) is 73.4 Å². The van der Waals surface area contributed by atoms with Crippen molar-refractivity contribution < 1.29 is 13.9 Å². The molecule has 0 atom stereocenters. The van der Waals surface area contributed by atoms with Gasteiger partial charge in [-0.2, -0.15) is 0 Å². The summed E-state index contributed by atoms with van der Waals surface area (Å²) in [5, 5.41) is 21.3. The fraction of sp³-hybridized carbons (Fsp3) is 0.250. The number of aromatic nitrogens is 4. The van der Waals surface area contributed by atoms with Crippen LogP contribution in [0.5, 0.6) is 0 Å². The Morgan fingerprint density at radius 1 is 1.06 bits per heavy atom. The molecule has 5 aromatic rings. The molecule has 0 saturated carbocycles. The summed E-state index contributed by atoms with van der Waals surface area (Å²) in [7, 11) is 1.83. The first-order valence-corrected chi connectivity index (χ1v) is 11.8. The molecule has 0 spiro atoms. The molecule has 0 aliphatic carbocycles. The number of hydrogen-bond donors (Lipinski definition) is 2. The van der Waals surface area contributed by atoms with Crippen LogP contribution in [-0.4, -0.2) is 37.0 Å². The molecule has 2 heterocycles. The zero-order valence-corrected chi connectivity index (χ0v) is 20.7. The highest BCUT2D eigenvalue weighted by atomic mass is 19.1. The number of aryl methyl sites for hydroxylation is 2. The van der Waals surface area contributed by atoms with E-state index >= 15 is 0 Å². The second kappa shape index (κ2) is 9.29. The van der Waals surface area contributed by atoms with Gasteiger partial charge in [0.1, 0.15) is 17.7 Å². The van der Waals surface area contributed by atoms with Crippen LogP contribution in [0.3, 0.4) is 0 Å². The molecule has 0 aliphatic heterocycles. The van der Waals surface area contributed by atoms with E-state index in [4.69, 9.17) is 9.40 Å². The Hall–Kier alpha value is -3.88. The average Bonchev–Trinajstić information content (AvgIpc) is 3.45. The van der Waals surface area contributed by atoms with Crippen molar-refractivity contribution in [3.63, 3.8) is 0 Å². The van der Waals surface area contributed by atoms with Crippen molar-refractivity contribution in [3.05, 3.63) is 77.9 Å². The Bertz CT molecular complexity index is 1550. The number of benzene rings is 3. The molecule has 0 radical (unpaired) electrons. The van der Waals surface area contributed by atoms with E-state index in [-0.39, 0.29) is 5.82 Å². The number of nitrogens with one attached hydrogen (secondary N) is 1. The molecule has 184 valence electrons. The molecule has 0 saturated heterocycles. The summed E-state index contributed by atoms with van der Waals surface area (Å²) in [6, 6.07) is 16.6. The maximum atomic E-state index is 14.2. The van der Waals surface area contributed by atoms with Crippen molar-refractivity contribution in [3.8, 4) is 34.0 Å². The van der Waals surface area contributed by atoms with Crippen LogP contribution in [0.25, 0.3) is 45.1 Å². The lowest BCUT2D eigenvalue weighted by molar-refractivity contribution is 0.0795. The van der Waals surface area contributed by atoms with E-state index in [2.05, 4.69) is 21.6 Å². The van der Waals surface area contributed by atoms with Gasteiger partial charge in [-0.15, -0.1) is 10.2 Å². The summed E-state index contributed by atoms with van der Waals surface area (Å²) in [6.07, 6.45) is 1.59. The number of oxazole rings is 1. The first kappa shape index (κ1) is 23.8. The van der Waals surface area contributed by atoms with E-state index in [9.17, 15) is 9.50 Å². The lowest BCUT2D eigenvalue weighted by Gasteiger charge is -2.17. The van der Waals surface area contributed by atoms with Gasteiger partial charge in [0.25, 0.3) is 0 Å². The minimum atomic E-state index is -0.775. The van der Waals surface area contributed by atoms with Crippen LogP contribution in [0, 0.1) is 12.7 Å². The topological polar surface area (TPSA) is 89.0 Å². The van der Waals surface area contributed by atoms with Crippen LogP contribution < -0.4 is 5.32 Å². The highest BCUT2D eigenvalue weighted by Crippen LogP contribution is 2.35. The second-order valence-corrected chi connectivity index (χ2v) is 9.73. The summed E-state index contributed by atoms with van der Waals surface area (Å²) < 4.78 is 22.1. The van der Waals surface area contributed by atoms with Gasteiger partial charge in [0.2, 0.25) is 5.89 Å². The molecule has 0 fully saturated rings. The monoisotopic (exact) mass is 485 g/mol. The predicted octanol–water partition coefficient (Wildman–Crippen LogP) is 5.27. The third kappa shape index (κ3) is 4.91. The number of fused-ring (bicyclic) bond motifs is 1. The third-order valence-corrected chi connectivity index (χ3v) is 5.98. The molecule has 0 aliphatic rings. The van der Waals surface area contributed by atoms with Crippen LogP contribution in [-0.2, 0) is 13.6 Å². The average molecular weight is 486 g/mol. The highest BCUT2D eigenvalue weighted by Gasteiger charge is 2.17. The van der Waals surface area contributed by atoms with Gasteiger partial charge in [0.15, 0.2) is 11.4 Å². The Morgan fingerprint density at radius 2 is 1.86 bits per heavy atom. The first-order valence-electron chi connectivity index (χ1n) is 11.8. The van der Waals surface area contributed by atoms with Gasteiger partial charge in [0.05, 0.1) is 5.60 Å². The van der Waals surface area contributed by atoms with Crippen LogP contribution in [0.2, 0.25) is 0 Å². The maximum Gasteiger partial charge on any atom is 0.227 e. The van der Waals surface area contributed by atoms with E-state index < -0.39 is 5.60 Å². The SMILES string of the molecule is Cc1cc(CNCC(C)(C)O)cc2nc(-c3cccc(-c4ccc(F)cc4-c4nncn4C)c3)oc12. The van der Waals surface area contributed by atoms with Crippen molar-refractivity contribution in [1.82, 2.24) is 25.1 Å². The van der Waals surface area contributed by atoms with Crippen molar-refractivity contribution in [2.24, 2.45) is 7.05 Å². The zero-order chi connectivity index (χ0) is 25.4. The molecule has 2 N–H and O–H groups in total. The number of hydrogen-bond acceptors (Lipinski definition) is 6. The van der Waals surface area contributed by atoms with E-state index in [1.165, 1.54) is 12.1 Å². The van der Waals surface area contributed by atoms with Gasteiger partial charge in [-0.3, -0.25) is 0 Å². The van der Waals surface area contributed by atoms with Crippen molar-refractivity contribution in [1.29, 1.82) is 0 Å². The summed E-state index contributed by atoms with van der Waals surface area (Å²) in [4.78, 5) is 4.77. The number of halogens is 1. The zero-order valence-electron chi connectivity index (χ0n) is 20.7. The summed E-state index contributed by atoms with van der Waals surface area (Å²) >= 11 is 0. The lowest BCUT2D eigenvalue weighted by atomic mass is 9.97. The summed E-state index contributed by atoms with van der Waals surface area (Å²) in [6.45, 7) is 6.65. The molecular formula is C28H28FN5O2. The van der Waals surface area contributed by atoms with E-state index in [1.54, 1.807) is 30.8 Å². The molecule has 0 bridgehead atoms. The van der Waals surface area contributed by atoms with E-state index in [1.807, 2.05) is 44.3 Å². The molecular weight excluding hydrogens is 457 g/mol. The Morgan fingerprint density at radius 3 is 2.61 bits per heavy atom. The first-order chi connectivity index (χ1) is 17.2. The molecule has 5 rings (SSSR count).